The van der Waals surface area contributed by atoms with Gasteiger partial charge < -0.3 is 5.32 Å². The van der Waals surface area contributed by atoms with Gasteiger partial charge in [0.25, 0.3) is 0 Å². The molecule has 2 rings (SSSR count). The van der Waals surface area contributed by atoms with Crippen molar-refractivity contribution in [1.29, 1.82) is 0 Å². The Balaban J connectivity index is 2.27. The number of likely N-dealkylation sites (N-methyl/N-ethyl adjacent to an activating group) is 1. The second kappa shape index (κ2) is 7.23. The van der Waals surface area contributed by atoms with Gasteiger partial charge in [0.2, 0.25) is 0 Å². The summed E-state index contributed by atoms with van der Waals surface area (Å²) in [5, 5.41) is 8.15. The van der Waals surface area contributed by atoms with E-state index in [1.54, 1.807) is 0 Å². The highest BCUT2D eigenvalue weighted by molar-refractivity contribution is 9.10. The van der Waals surface area contributed by atoms with Gasteiger partial charge in [0.1, 0.15) is 0 Å². The zero-order valence-electron chi connectivity index (χ0n) is 13.3. The number of benzene rings is 1. The summed E-state index contributed by atoms with van der Waals surface area (Å²) in [6.07, 6.45) is 0.962. The molecule has 1 heterocycles. The molecular weight excluding hydrogens is 326 g/mol. The molecule has 0 saturated heterocycles. The molecule has 114 valence electrons. The van der Waals surface area contributed by atoms with E-state index < -0.39 is 0 Å². The molecule has 1 aromatic heterocycles. The van der Waals surface area contributed by atoms with Crippen molar-refractivity contribution < 1.29 is 0 Å². The van der Waals surface area contributed by atoms with Crippen LogP contribution in [0.25, 0.3) is 0 Å². The first kappa shape index (κ1) is 16.2. The van der Waals surface area contributed by atoms with E-state index in [-0.39, 0.29) is 0 Å². The van der Waals surface area contributed by atoms with Crippen molar-refractivity contribution in [3.05, 3.63) is 51.3 Å². The van der Waals surface area contributed by atoms with Crippen LogP contribution in [0.4, 0.5) is 0 Å². The Morgan fingerprint density at radius 2 is 2.00 bits per heavy atom. The lowest BCUT2D eigenvalue weighted by molar-refractivity contribution is 0.516. The first-order valence-corrected chi connectivity index (χ1v) is 8.37. The first-order chi connectivity index (χ1) is 10.0. The molecule has 0 bridgehead atoms. The van der Waals surface area contributed by atoms with Gasteiger partial charge >= 0.3 is 0 Å². The second-order valence-corrected chi connectivity index (χ2v) is 6.27. The number of hydrogen-bond donors (Lipinski definition) is 1. The number of nitrogens with zero attached hydrogens (tertiary/aromatic N) is 2. The van der Waals surface area contributed by atoms with E-state index in [1.165, 1.54) is 16.8 Å². The van der Waals surface area contributed by atoms with E-state index in [4.69, 9.17) is 0 Å². The van der Waals surface area contributed by atoms with Gasteiger partial charge in [0, 0.05) is 29.2 Å². The SMILES string of the molecule is CCNC(Cc1cc(C)nn1CC)c1ccc(Br)c(C)c1. The maximum Gasteiger partial charge on any atom is 0.0596 e. The quantitative estimate of drug-likeness (QED) is 0.847. The number of hydrogen-bond acceptors (Lipinski definition) is 2. The molecule has 0 saturated carbocycles. The minimum Gasteiger partial charge on any atom is -0.310 e. The summed E-state index contributed by atoms with van der Waals surface area (Å²) in [5.74, 6) is 0. The molecule has 1 aromatic carbocycles. The second-order valence-electron chi connectivity index (χ2n) is 5.42. The Morgan fingerprint density at radius 1 is 1.24 bits per heavy atom. The van der Waals surface area contributed by atoms with Crippen LogP contribution in [-0.4, -0.2) is 16.3 Å². The molecule has 21 heavy (non-hydrogen) atoms. The molecule has 0 aliphatic heterocycles. The average molecular weight is 350 g/mol. The van der Waals surface area contributed by atoms with Crippen LogP contribution in [0.15, 0.2) is 28.7 Å². The third kappa shape index (κ3) is 3.95. The fourth-order valence-electron chi connectivity index (χ4n) is 2.69. The van der Waals surface area contributed by atoms with Crippen LogP contribution in [0.3, 0.4) is 0 Å². The van der Waals surface area contributed by atoms with Crippen molar-refractivity contribution in [1.82, 2.24) is 15.1 Å². The highest BCUT2D eigenvalue weighted by Crippen LogP contribution is 2.24. The molecule has 0 aliphatic carbocycles. The normalized spacial score (nSPS) is 12.6. The minimum atomic E-state index is 0.322. The smallest absolute Gasteiger partial charge is 0.0596 e. The molecule has 1 atom stereocenters. The maximum absolute atomic E-state index is 4.55. The summed E-state index contributed by atoms with van der Waals surface area (Å²) in [7, 11) is 0. The lowest BCUT2D eigenvalue weighted by atomic mass is 10.00. The molecule has 0 aliphatic rings. The highest BCUT2D eigenvalue weighted by atomic mass is 79.9. The fraction of sp³-hybridized carbons (Fsp3) is 0.471. The topological polar surface area (TPSA) is 29.9 Å². The van der Waals surface area contributed by atoms with E-state index in [0.29, 0.717) is 6.04 Å². The number of aryl methyl sites for hydroxylation is 3. The van der Waals surface area contributed by atoms with Gasteiger partial charge in [-0.25, -0.2) is 0 Å². The van der Waals surface area contributed by atoms with Gasteiger partial charge in [-0.05, 0) is 50.6 Å². The monoisotopic (exact) mass is 349 g/mol. The summed E-state index contributed by atoms with van der Waals surface area (Å²) in [6, 6.07) is 9.11. The molecule has 3 nitrogen and oxygen atoms in total. The molecule has 0 spiro atoms. The van der Waals surface area contributed by atoms with Crippen LogP contribution in [0.5, 0.6) is 0 Å². The van der Waals surface area contributed by atoms with Crippen molar-refractivity contribution in [3.8, 4) is 0 Å². The van der Waals surface area contributed by atoms with Crippen LogP contribution in [0, 0.1) is 13.8 Å². The summed E-state index contributed by atoms with van der Waals surface area (Å²) in [5.41, 5.74) is 4.99. The van der Waals surface area contributed by atoms with Crippen LogP contribution in [0.1, 0.15) is 42.4 Å². The van der Waals surface area contributed by atoms with Crippen molar-refractivity contribution in [3.63, 3.8) is 0 Å². The van der Waals surface area contributed by atoms with Gasteiger partial charge in [-0.1, -0.05) is 35.0 Å². The van der Waals surface area contributed by atoms with E-state index in [2.05, 4.69) is 83.0 Å². The van der Waals surface area contributed by atoms with Gasteiger partial charge in [0.05, 0.1) is 5.69 Å². The number of aromatic nitrogens is 2. The predicted molar refractivity (Wildman–Crippen MR) is 91.6 cm³/mol. The Bertz CT molecular complexity index is 604. The summed E-state index contributed by atoms with van der Waals surface area (Å²) in [4.78, 5) is 0. The van der Waals surface area contributed by atoms with Gasteiger partial charge in [-0.3, -0.25) is 4.68 Å². The summed E-state index contributed by atoms with van der Waals surface area (Å²) >= 11 is 3.58. The third-order valence-electron chi connectivity index (χ3n) is 3.73. The number of halogens is 1. The summed E-state index contributed by atoms with van der Waals surface area (Å²) in [6.45, 7) is 10.4. The largest absolute Gasteiger partial charge is 0.310 e. The van der Waals surface area contributed by atoms with E-state index in [0.717, 1.165) is 29.7 Å². The molecule has 0 fully saturated rings. The standard InChI is InChI=1S/C17H24BrN3/c1-5-19-17(14-7-8-16(18)12(3)9-14)11-15-10-13(4)20-21(15)6-2/h7-10,17,19H,5-6,11H2,1-4H3. The number of nitrogens with one attached hydrogen (secondary N) is 1. The van der Waals surface area contributed by atoms with Crippen LogP contribution < -0.4 is 5.32 Å². The Kier molecular flexibility index (Phi) is 5.59. The van der Waals surface area contributed by atoms with Gasteiger partial charge in [0.15, 0.2) is 0 Å². The van der Waals surface area contributed by atoms with E-state index >= 15 is 0 Å². The van der Waals surface area contributed by atoms with Crippen LogP contribution in [-0.2, 0) is 13.0 Å². The molecule has 0 radical (unpaired) electrons. The lowest BCUT2D eigenvalue weighted by Crippen LogP contribution is -2.24. The average Bonchev–Trinajstić information content (AvgIpc) is 2.81. The Morgan fingerprint density at radius 3 is 2.62 bits per heavy atom. The highest BCUT2D eigenvalue weighted by Gasteiger charge is 2.15. The zero-order chi connectivity index (χ0) is 15.4. The van der Waals surface area contributed by atoms with E-state index in [9.17, 15) is 0 Å². The van der Waals surface area contributed by atoms with Crippen molar-refractivity contribution >= 4 is 15.9 Å². The van der Waals surface area contributed by atoms with Crippen molar-refractivity contribution in [2.24, 2.45) is 0 Å². The maximum atomic E-state index is 4.55. The Labute approximate surface area is 135 Å². The fourth-order valence-corrected chi connectivity index (χ4v) is 2.93. The number of rotatable bonds is 6. The Hall–Kier alpha value is -1.13. The van der Waals surface area contributed by atoms with Crippen LogP contribution >= 0.6 is 15.9 Å². The van der Waals surface area contributed by atoms with Crippen LogP contribution in [0.2, 0.25) is 0 Å². The van der Waals surface area contributed by atoms with E-state index in [1.807, 2.05) is 0 Å². The van der Waals surface area contributed by atoms with Gasteiger partial charge in [-0.15, -0.1) is 0 Å². The molecule has 0 amide bonds. The molecular formula is C17H24BrN3. The predicted octanol–water partition coefficient (Wildman–Crippen LogP) is 4.18. The van der Waals surface area contributed by atoms with Crippen molar-refractivity contribution in [2.45, 2.75) is 46.7 Å². The van der Waals surface area contributed by atoms with Crippen molar-refractivity contribution in [2.75, 3.05) is 6.54 Å². The zero-order valence-corrected chi connectivity index (χ0v) is 14.9. The molecule has 4 heteroatoms. The molecule has 1 N–H and O–H groups in total. The first-order valence-electron chi connectivity index (χ1n) is 7.57. The third-order valence-corrected chi connectivity index (χ3v) is 4.62. The summed E-state index contributed by atoms with van der Waals surface area (Å²) < 4.78 is 3.27. The molecule has 1 unspecified atom stereocenters. The molecule has 2 aromatic rings. The lowest BCUT2D eigenvalue weighted by Gasteiger charge is -2.19. The van der Waals surface area contributed by atoms with Gasteiger partial charge in [-0.2, -0.15) is 5.10 Å². The minimum absolute atomic E-state index is 0.322.